The minimum absolute atomic E-state index is 0.219. The second-order valence-electron chi connectivity index (χ2n) is 2.19. The molecule has 0 aliphatic heterocycles. The molecule has 0 radical (unpaired) electrons. The Morgan fingerprint density at radius 3 is 2.58 bits per heavy atom. The molecule has 1 unspecified atom stereocenters. The van der Waals surface area contributed by atoms with E-state index in [9.17, 15) is 0 Å². The first kappa shape index (κ1) is 10.5. The van der Waals surface area contributed by atoms with Crippen molar-refractivity contribution >= 4 is 54.5 Å². The highest BCUT2D eigenvalue weighted by Crippen LogP contribution is 2.26. The average Bonchev–Trinajstić information content (AvgIpc) is 2.01. The number of alkyl halides is 1. The maximum Gasteiger partial charge on any atom is 0.126 e. The molecule has 0 heterocycles. The van der Waals surface area contributed by atoms with Crippen LogP contribution >= 0.6 is 54.5 Å². The summed E-state index contributed by atoms with van der Waals surface area (Å²) in [5.74, 6) is 0. The molecule has 1 aromatic carbocycles. The van der Waals surface area contributed by atoms with Gasteiger partial charge >= 0.3 is 0 Å². The van der Waals surface area contributed by atoms with E-state index in [2.05, 4.69) is 60.5 Å². The maximum absolute atomic E-state index is 8.66. The highest BCUT2D eigenvalue weighted by molar-refractivity contribution is 14.1. The zero-order valence-corrected chi connectivity index (χ0v) is 11.2. The molecule has 12 heavy (non-hydrogen) atoms. The van der Waals surface area contributed by atoms with Crippen LogP contribution in [0, 0.1) is 14.9 Å². The molecule has 1 aromatic rings. The lowest BCUT2D eigenvalue weighted by Crippen LogP contribution is -1.86. The molecule has 0 amide bonds. The molecule has 4 heteroatoms. The number of rotatable bonds is 1. The van der Waals surface area contributed by atoms with Gasteiger partial charge in [0.15, 0.2) is 0 Å². The summed E-state index contributed by atoms with van der Waals surface area (Å²) >= 11 is 8.86. The van der Waals surface area contributed by atoms with Crippen molar-refractivity contribution in [3.05, 3.63) is 31.8 Å². The van der Waals surface area contributed by atoms with Gasteiger partial charge in [0.25, 0.3) is 0 Å². The fourth-order valence-corrected chi connectivity index (χ4v) is 2.69. The van der Waals surface area contributed by atoms with Gasteiger partial charge in [-0.3, -0.25) is 0 Å². The van der Waals surface area contributed by atoms with Crippen LogP contribution < -0.4 is 0 Å². The van der Waals surface area contributed by atoms with Crippen LogP contribution in [0.3, 0.4) is 0 Å². The summed E-state index contributed by atoms with van der Waals surface area (Å²) < 4.78 is 2.13. The van der Waals surface area contributed by atoms with Crippen LogP contribution in [0.25, 0.3) is 0 Å². The van der Waals surface area contributed by atoms with Gasteiger partial charge in [-0.1, -0.05) is 31.9 Å². The van der Waals surface area contributed by atoms with Gasteiger partial charge in [-0.05, 0) is 46.4 Å². The van der Waals surface area contributed by atoms with E-state index in [-0.39, 0.29) is 4.83 Å². The number of nitrogens with zero attached hydrogens (tertiary/aromatic N) is 1. The summed E-state index contributed by atoms with van der Waals surface area (Å²) in [5, 5.41) is 8.66. The van der Waals surface area contributed by atoms with Crippen LogP contribution in [0.15, 0.2) is 22.7 Å². The molecule has 1 rings (SSSR count). The van der Waals surface area contributed by atoms with E-state index in [1.807, 2.05) is 18.2 Å². The minimum Gasteiger partial charge on any atom is -0.197 e. The van der Waals surface area contributed by atoms with E-state index in [1.165, 1.54) is 0 Å². The molecule has 0 saturated heterocycles. The standard InChI is InChI=1S/C8H4Br2IN/c9-6-1-5(8(10)4-12)2-7(11)3-6/h1-3,8H. The summed E-state index contributed by atoms with van der Waals surface area (Å²) in [5.41, 5.74) is 0.983. The molecule has 0 saturated carbocycles. The van der Waals surface area contributed by atoms with Crippen LogP contribution in [0.5, 0.6) is 0 Å². The monoisotopic (exact) mass is 399 g/mol. The van der Waals surface area contributed by atoms with Crippen LogP contribution in [-0.2, 0) is 0 Å². The van der Waals surface area contributed by atoms with E-state index >= 15 is 0 Å². The van der Waals surface area contributed by atoms with Gasteiger partial charge in [-0.15, -0.1) is 0 Å². The number of hydrogen-bond acceptors (Lipinski definition) is 1. The Labute approximate surface area is 102 Å². The van der Waals surface area contributed by atoms with Gasteiger partial charge in [0.2, 0.25) is 0 Å². The zero-order valence-electron chi connectivity index (χ0n) is 5.89. The van der Waals surface area contributed by atoms with Crippen molar-refractivity contribution in [3.63, 3.8) is 0 Å². The lowest BCUT2D eigenvalue weighted by Gasteiger charge is -2.02. The lowest BCUT2D eigenvalue weighted by molar-refractivity contribution is 1.24. The Kier molecular flexibility index (Phi) is 4.00. The Balaban J connectivity index is 3.10. The van der Waals surface area contributed by atoms with Crippen LogP contribution in [0.2, 0.25) is 0 Å². The van der Waals surface area contributed by atoms with Gasteiger partial charge in [0, 0.05) is 8.04 Å². The van der Waals surface area contributed by atoms with Gasteiger partial charge in [0.1, 0.15) is 4.83 Å². The minimum atomic E-state index is -0.219. The quantitative estimate of drug-likeness (QED) is 0.516. The van der Waals surface area contributed by atoms with Crippen molar-refractivity contribution in [2.45, 2.75) is 4.83 Å². The Bertz CT molecular complexity index is 312. The van der Waals surface area contributed by atoms with Crippen molar-refractivity contribution in [3.8, 4) is 6.07 Å². The van der Waals surface area contributed by atoms with Crippen molar-refractivity contribution in [1.82, 2.24) is 0 Å². The summed E-state index contributed by atoms with van der Waals surface area (Å²) in [6.07, 6.45) is 0. The predicted molar refractivity (Wildman–Crippen MR) is 64.1 cm³/mol. The van der Waals surface area contributed by atoms with Crippen molar-refractivity contribution in [1.29, 1.82) is 5.26 Å². The summed E-state index contributed by atoms with van der Waals surface area (Å²) in [4.78, 5) is -0.219. The molecule has 62 valence electrons. The highest BCUT2D eigenvalue weighted by atomic mass is 127. The largest absolute Gasteiger partial charge is 0.197 e. The average molecular weight is 401 g/mol. The number of benzene rings is 1. The molecule has 0 aliphatic rings. The molecular weight excluding hydrogens is 397 g/mol. The van der Waals surface area contributed by atoms with E-state index in [0.29, 0.717) is 0 Å². The molecule has 1 atom stereocenters. The SMILES string of the molecule is N#CC(Br)c1cc(Br)cc(I)c1. The number of hydrogen-bond donors (Lipinski definition) is 0. The van der Waals surface area contributed by atoms with E-state index in [0.717, 1.165) is 13.6 Å². The van der Waals surface area contributed by atoms with E-state index in [4.69, 9.17) is 5.26 Å². The summed E-state index contributed by atoms with van der Waals surface area (Å²) in [7, 11) is 0. The molecule has 1 nitrogen and oxygen atoms in total. The summed E-state index contributed by atoms with van der Waals surface area (Å²) in [6, 6.07) is 8.04. The predicted octanol–water partition coefficient (Wildman–Crippen LogP) is 4.01. The van der Waals surface area contributed by atoms with Crippen LogP contribution in [-0.4, -0.2) is 0 Å². The van der Waals surface area contributed by atoms with Crippen LogP contribution in [0.1, 0.15) is 10.4 Å². The zero-order chi connectivity index (χ0) is 9.14. The third-order valence-corrected chi connectivity index (χ3v) is 3.10. The first-order valence-corrected chi connectivity index (χ1v) is 5.92. The third kappa shape index (κ3) is 2.71. The number of halogens is 3. The topological polar surface area (TPSA) is 23.8 Å². The fourth-order valence-electron chi connectivity index (χ4n) is 0.796. The Morgan fingerprint density at radius 1 is 1.42 bits per heavy atom. The van der Waals surface area contributed by atoms with E-state index in [1.54, 1.807) is 0 Å². The van der Waals surface area contributed by atoms with Crippen molar-refractivity contribution in [2.75, 3.05) is 0 Å². The number of nitriles is 1. The van der Waals surface area contributed by atoms with Gasteiger partial charge in [-0.25, -0.2) is 0 Å². The molecular formula is C8H4Br2IN. The third-order valence-electron chi connectivity index (χ3n) is 1.29. The van der Waals surface area contributed by atoms with Gasteiger partial charge in [0.05, 0.1) is 6.07 Å². The van der Waals surface area contributed by atoms with E-state index < -0.39 is 0 Å². The fraction of sp³-hybridized carbons (Fsp3) is 0.125. The highest BCUT2D eigenvalue weighted by Gasteiger charge is 2.06. The van der Waals surface area contributed by atoms with Crippen molar-refractivity contribution < 1.29 is 0 Å². The Morgan fingerprint density at radius 2 is 2.08 bits per heavy atom. The van der Waals surface area contributed by atoms with Gasteiger partial charge < -0.3 is 0 Å². The molecule has 0 bridgehead atoms. The van der Waals surface area contributed by atoms with Gasteiger partial charge in [-0.2, -0.15) is 5.26 Å². The first-order chi connectivity index (χ1) is 5.63. The van der Waals surface area contributed by atoms with Crippen LogP contribution in [0.4, 0.5) is 0 Å². The summed E-state index contributed by atoms with van der Waals surface area (Å²) in [6.45, 7) is 0. The second kappa shape index (κ2) is 4.58. The maximum atomic E-state index is 8.66. The second-order valence-corrected chi connectivity index (χ2v) is 5.27. The molecule has 0 fully saturated rings. The Hall–Kier alpha value is 0.400. The smallest absolute Gasteiger partial charge is 0.126 e. The van der Waals surface area contributed by atoms with Crippen molar-refractivity contribution in [2.24, 2.45) is 0 Å². The molecule has 0 N–H and O–H groups in total. The molecule has 0 aromatic heterocycles. The molecule has 0 spiro atoms. The molecule has 0 aliphatic carbocycles. The normalized spacial score (nSPS) is 12.2. The first-order valence-electron chi connectivity index (χ1n) is 3.13. The lowest BCUT2D eigenvalue weighted by atomic mass is 10.2.